The number of nitrogens with zero attached hydrogens (tertiary/aromatic N) is 2. The summed E-state index contributed by atoms with van der Waals surface area (Å²) in [5.41, 5.74) is 0.687. The Kier molecular flexibility index (Phi) is 8.19. The Morgan fingerprint density at radius 3 is 2.03 bits per heavy atom. The van der Waals surface area contributed by atoms with Crippen molar-refractivity contribution in [3.8, 4) is 0 Å². The van der Waals surface area contributed by atoms with Crippen molar-refractivity contribution in [3.05, 3.63) is 70.8 Å². The lowest BCUT2D eigenvalue weighted by molar-refractivity contribution is -0.137. The van der Waals surface area contributed by atoms with Crippen LogP contribution < -0.4 is 5.32 Å². The predicted molar refractivity (Wildman–Crippen MR) is 126 cm³/mol. The van der Waals surface area contributed by atoms with E-state index in [-0.39, 0.29) is 55.4 Å². The molecule has 0 aliphatic carbocycles. The minimum atomic E-state index is -4.46. The number of hydrogen-bond acceptors (Lipinski definition) is 3. The smallest absolute Gasteiger partial charge is 0.340 e. The Bertz CT molecular complexity index is 1060. The summed E-state index contributed by atoms with van der Waals surface area (Å²) >= 11 is 0. The number of rotatable bonds is 6. The summed E-state index contributed by atoms with van der Waals surface area (Å²) in [4.78, 5) is 42.0. The first kappa shape index (κ1) is 26.2. The number of amides is 3. The van der Waals surface area contributed by atoms with Gasteiger partial charge in [-0.25, -0.2) is 0 Å². The van der Waals surface area contributed by atoms with Gasteiger partial charge in [-0.2, -0.15) is 13.2 Å². The molecule has 2 aromatic carbocycles. The molecule has 0 spiro atoms. The average molecular weight is 490 g/mol. The van der Waals surface area contributed by atoms with Crippen LogP contribution in [0.1, 0.15) is 52.1 Å². The molecule has 3 rings (SSSR count). The molecule has 0 bridgehead atoms. The third kappa shape index (κ3) is 6.61. The average Bonchev–Trinajstić information content (AvgIpc) is 2.82. The first-order valence-electron chi connectivity index (χ1n) is 11.6. The molecule has 1 atom stereocenters. The molecule has 1 fully saturated rings. The van der Waals surface area contributed by atoms with Crippen molar-refractivity contribution in [2.45, 2.75) is 39.4 Å². The predicted octanol–water partition coefficient (Wildman–Crippen LogP) is 4.14. The minimum absolute atomic E-state index is 0.168. The van der Waals surface area contributed by atoms with Gasteiger partial charge in [0.15, 0.2) is 0 Å². The second kappa shape index (κ2) is 10.9. The zero-order chi connectivity index (χ0) is 25.8. The van der Waals surface area contributed by atoms with Crippen molar-refractivity contribution in [3.63, 3.8) is 0 Å². The number of alkyl halides is 3. The van der Waals surface area contributed by atoms with Crippen LogP contribution >= 0.6 is 0 Å². The number of hydrogen-bond donors (Lipinski definition) is 1. The Labute approximate surface area is 203 Å². The highest BCUT2D eigenvalue weighted by Crippen LogP contribution is 2.29. The molecule has 188 valence electrons. The van der Waals surface area contributed by atoms with Gasteiger partial charge in [-0.3, -0.25) is 14.4 Å². The number of aryl methyl sites for hydroxylation is 1. The van der Waals surface area contributed by atoms with Crippen LogP contribution in [0.5, 0.6) is 0 Å². The molecule has 0 aromatic heterocycles. The topological polar surface area (TPSA) is 69.7 Å². The molecule has 0 radical (unpaired) electrons. The molecule has 1 heterocycles. The molecular weight excluding hydrogens is 459 g/mol. The summed E-state index contributed by atoms with van der Waals surface area (Å²) < 4.78 is 38.3. The zero-order valence-electron chi connectivity index (χ0n) is 20.1. The number of benzene rings is 2. The Balaban J connectivity index is 1.63. The molecule has 3 amide bonds. The van der Waals surface area contributed by atoms with E-state index in [9.17, 15) is 27.6 Å². The maximum Gasteiger partial charge on any atom is 0.416 e. The molecule has 6 nitrogen and oxygen atoms in total. The maximum atomic E-state index is 13.3. The summed E-state index contributed by atoms with van der Waals surface area (Å²) in [6.07, 6.45) is -3.99. The quantitative estimate of drug-likeness (QED) is 0.663. The zero-order valence-corrected chi connectivity index (χ0v) is 20.1. The van der Waals surface area contributed by atoms with Crippen LogP contribution in [0.15, 0.2) is 48.5 Å². The first-order valence-corrected chi connectivity index (χ1v) is 11.6. The molecule has 1 aliphatic heterocycles. The van der Waals surface area contributed by atoms with Crippen LogP contribution in [0.2, 0.25) is 0 Å². The molecule has 1 N–H and O–H groups in total. The van der Waals surface area contributed by atoms with Crippen LogP contribution in [0.3, 0.4) is 0 Å². The Hall–Kier alpha value is -3.36. The van der Waals surface area contributed by atoms with E-state index < -0.39 is 17.8 Å². The number of halogens is 3. The molecular formula is C26H30F3N3O3. The van der Waals surface area contributed by atoms with Crippen LogP contribution in [0, 0.1) is 12.8 Å². The van der Waals surface area contributed by atoms with E-state index in [0.717, 1.165) is 17.7 Å². The van der Waals surface area contributed by atoms with Gasteiger partial charge in [-0.1, -0.05) is 32.0 Å². The minimum Gasteiger partial charge on any atom is -0.340 e. The van der Waals surface area contributed by atoms with Gasteiger partial charge >= 0.3 is 6.18 Å². The van der Waals surface area contributed by atoms with Crippen molar-refractivity contribution < 1.29 is 27.6 Å². The summed E-state index contributed by atoms with van der Waals surface area (Å²) in [5.74, 6) is -0.721. The van der Waals surface area contributed by atoms with E-state index in [0.29, 0.717) is 12.0 Å². The lowest BCUT2D eigenvalue weighted by atomic mass is 10.0. The third-order valence-electron chi connectivity index (χ3n) is 6.04. The highest BCUT2D eigenvalue weighted by Gasteiger charge is 2.32. The molecule has 9 heteroatoms. The normalized spacial score (nSPS) is 15.2. The van der Waals surface area contributed by atoms with Crippen molar-refractivity contribution >= 4 is 17.7 Å². The Morgan fingerprint density at radius 1 is 0.914 bits per heavy atom. The second-order valence-corrected chi connectivity index (χ2v) is 9.16. The van der Waals surface area contributed by atoms with Crippen molar-refractivity contribution in [2.75, 3.05) is 26.2 Å². The first-order chi connectivity index (χ1) is 16.5. The fraction of sp³-hybridized carbons (Fsp3) is 0.423. The van der Waals surface area contributed by atoms with E-state index in [2.05, 4.69) is 5.32 Å². The SMILES string of the molecule is Cc1ccccc1C(=O)NC(CC(C)C)C(=O)N1CCN(C(=O)c2ccc(C(F)(F)F)cc2)CC1. The fourth-order valence-corrected chi connectivity index (χ4v) is 4.09. The summed E-state index contributed by atoms with van der Waals surface area (Å²) in [6.45, 7) is 6.85. The number of carbonyl (C=O) groups is 3. The highest BCUT2D eigenvalue weighted by atomic mass is 19.4. The molecule has 0 saturated carbocycles. The maximum absolute atomic E-state index is 13.3. The van der Waals surface area contributed by atoms with Gasteiger partial charge in [0.1, 0.15) is 6.04 Å². The van der Waals surface area contributed by atoms with Gasteiger partial charge in [-0.05, 0) is 55.2 Å². The van der Waals surface area contributed by atoms with E-state index in [1.165, 1.54) is 17.0 Å². The van der Waals surface area contributed by atoms with Gasteiger partial charge in [0, 0.05) is 37.3 Å². The molecule has 2 aromatic rings. The standard InChI is InChI=1S/C26H30F3N3O3/c1-17(2)16-22(30-23(33)21-7-5-4-6-18(21)3)25(35)32-14-12-31(13-15-32)24(34)19-8-10-20(11-9-19)26(27,28)29/h4-11,17,22H,12-16H2,1-3H3,(H,30,33). The van der Waals surface area contributed by atoms with Gasteiger partial charge < -0.3 is 15.1 Å². The van der Waals surface area contributed by atoms with Gasteiger partial charge in [0.05, 0.1) is 5.56 Å². The van der Waals surface area contributed by atoms with Gasteiger partial charge in [0.2, 0.25) is 5.91 Å². The Morgan fingerprint density at radius 2 is 1.49 bits per heavy atom. The summed E-state index contributed by atoms with van der Waals surface area (Å²) in [6, 6.07) is 10.6. The van der Waals surface area contributed by atoms with Crippen molar-refractivity contribution in [1.82, 2.24) is 15.1 Å². The molecule has 1 aliphatic rings. The van der Waals surface area contributed by atoms with E-state index in [1.54, 1.807) is 17.0 Å². The second-order valence-electron chi connectivity index (χ2n) is 9.16. The fourth-order valence-electron chi connectivity index (χ4n) is 4.09. The van der Waals surface area contributed by atoms with E-state index in [4.69, 9.17) is 0 Å². The van der Waals surface area contributed by atoms with Crippen molar-refractivity contribution in [1.29, 1.82) is 0 Å². The largest absolute Gasteiger partial charge is 0.416 e. The number of piperazine rings is 1. The highest BCUT2D eigenvalue weighted by molar-refractivity contribution is 5.98. The summed E-state index contributed by atoms with van der Waals surface area (Å²) in [7, 11) is 0. The lowest BCUT2D eigenvalue weighted by Gasteiger charge is -2.37. The molecule has 1 saturated heterocycles. The van der Waals surface area contributed by atoms with E-state index >= 15 is 0 Å². The van der Waals surface area contributed by atoms with Crippen LogP contribution in [0.25, 0.3) is 0 Å². The van der Waals surface area contributed by atoms with Gasteiger partial charge in [-0.15, -0.1) is 0 Å². The molecule has 1 unspecified atom stereocenters. The monoisotopic (exact) mass is 489 g/mol. The van der Waals surface area contributed by atoms with Gasteiger partial charge in [0.25, 0.3) is 11.8 Å². The van der Waals surface area contributed by atoms with Crippen LogP contribution in [0.4, 0.5) is 13.2 Å². The lowest BCUT2D eigenvalue weighted by Crippen LogP contribution is -2.56. The number of nitrogens with one attached hydrogen (secondary N) is 1. The molecule has 35 heavy (non-hydrogen) atoms. The van der Waals surface area contributed by atoms with Crippen LogP contribution in [-0.4, -0.2) is 59.7 Å². The van der Waals surface area contributed by atoms with Crippen LogP contribution in [-0.2, 0) is 11.0 Å². The van der Waals surface area contributed by atoms with E-state index in [1.807, 2.05) is 32.9 Å². The van der Waals surface area contributed by atoms with Crippen molar-refractivity contribution in [2.24, 2.45) is 5.92 Å². The summed E-state index contributed by atoms with van der Waals surface area (Å²) in [5, 5.41) is 2.88. The third-order valence-corrected chi connectivity index (χ3v) is 6.04. The number of carbonyl (C=O) groups excluding carboxylic acids is 3.